The second-order valence-electron chi connectivity index (χ2n) is 5.01. The number of halogens is 7. The fraction of sp³-hybridized carbons (Fsp3) is 0.385. The van der Waals surface area contributed by atoms with Crippen molar-refractivity contribution < 1.29 is 40.7 Å². The summed E-state index contributed by atoms with van der Waals surface area (Å²) in [5, 5.41) is -1.25. The van der Waals surface area contributed by atoms with Crippen LogP contribution in [0.1, 0.15) is 29.7 Å². The lowest BCUT2D eigenvalue weighted by Crippen LogP contribution is -2.34. The Morgan fingerprint density at radius 1 is 1.08 bits per heavy atom. The first-order valence-corrected chi connectivity index (χ1v) is 6.69. The van der Waals surface area contributed by atoms with E-state index in [1.165, 1.54) is 6.92 Å². The molecule has 0 aromatic heterocycles. The van der Waals surface area contributed by atoms with Gasteiger partial charge in [-0.25, -0.2) is 9.69 Å². The van der Waals surface area contributed by atoms with Crippen LogP contribution in [0.2, 0.25) is 0 Å². The van der Waals surface area contributed by atoms with Crippen LogP contribution in [0, 0.1) is 0 Å². The molecule has 1 saturated heterocycles. The Kier molecular flexibility index (Phi) is 4.47. The average Bonchev–Trinajstić information content (AvgIpc) is 2.71. The van der Waals surface area contributed by atoms with Crippen molar-refractivity contribution in [1.82, 2.24) is 4.90 Å². The molecule has 0 radical (unpaired) electrons. The predicted molar refractivity (Wildman–Crippen MR) is 68.2 cm³/mol. The van der Waals surface area contributed by atoms with Gasteiger partial charge in [-0.2, -0.15) is 26.3 Å². The van der Waals surface area contributed by atoms with E-state index in [1.54, 1.807) is 0 Å². The van der Waals surface area contributed by atoms with E-state index in [2.05, 4.69) is 0 Å². The largest absolute Gasteiger partial charge is 0.439 e. The van der Waals surface area contributed by atoms with E-state index in [1.807, 2.05) is 0 Å². The first-order chi connectivity index (χ1) is 10.8. The Morgan fingerprint density at radius 2 is 1.54 bits per heavy atom. The molecule has 1 aromatic carbocycles. The molecule has 0 aliphatic carbocycles. The highest BCUT2D eigenvalue weighted by atomic mass is 35.5. The van der Waals surface area contributed by atoms with Gasteiger partial charge in [-0.15, -0.1) is 0 Å². The number of hydrogen-bond acceptors (Lipinski definition) is 3. The Bertz CT molecular complexity index is 655. The Hall–Kier alpha value is -1.97. The number of ether oxygens (including phenoxy) is 1. The predicted octanol–water partition coefficient (Wildman–Crippen LogP) is 4.96. The van der Waals surface area contributed by atoms with Gasteiger partial charge in [0.2, 0.25) is 0 Å². The minimum absolute atomic E-state index is 0.0462. The summed E-state index contributed by atoms with van der Waals surface area (Å²) in [6, 6.07) is -0.347. The first kappa shape index (κ1) is 18.4. The molecule has 1 aliphatic heterocycles. The molecule has 0 N–H and O–H groups in total. The number of benzene rings is 1. The maximum absolute atomic E-state index is 12.8. The Balaban J connectivity index is 2.54. The van der Waals surface area contributed by atoms with E-state index in [-0.39, 0.29) is 6.07 Å². The van der Waals surface area contributed by atoms with Gasteiger partial charge in [0.25, 0.3) is 0 Å². The zero-order chi connectivity index (χ0) is 18.4. The number of hydrogen-bond donors (Lipinski definition) is 0. The van der Waals surface area contributed by atoms with Gasteiger partial charge in [0.15, 0.2) is 0 Å². The molecule has 1 heterocycles. The smallest absolute Gasteiger partial charge is 0.418 e. The van der Waals surface area contributed by atoms with E-state index < -0.39 is 52.6 Å². The lowest BCUT2D eigenvalue weighted by Gasteiger charge is -2.20. The summed E-state index contributed by atoms with van der Waals surface area (Å²) in [4.78, 5) is 23.1. The molecule has 1 aliphatic rings. The van der Waals surface area contributed by atoms with Gasteiger partial charge in [0.05, 0.1) is 17.2 Å². The minimum Gasteiger partial charge on any atom is -0.439 e. The van der Waals surface area contributed by atoms with Crippen LogP contribution in [0.15, 0.2) is 18.2 Å². The highest BCUT2D eigenvalue weighted by molar-refractivity contribution is 6.64. The molecule has 2 atom stereocenters. The van der Waals surface area contributed by atoms with Crippen LogP contribution in [0.4, 0.5) is 35.9 Å². The van der Waals surface area contributed by atoms with Gasteiger partial charge < -0.3 is 4.74 Å². The number of nitrogens with zero attached hydrogens (tertiary/aromatic N) is 1. The second kappa shape index (κ2) is 5.83. The lowest BCUT2D eigenvalue weighted by atomic mass is 9.97. The zero-order valence-corrected chi connectivity index (χ0v) is 12.5. The van der Waals surface area contributed by atoms with Crippen molar-refractivity contribution in [3.05, 3.63) is 34.9 Å². The maximum Gasteiger partial charge on any atom is 0.418 e. The topological polar surface area (TPSA) is 46.6 Å². The second-order valence-corrected chi connectivity index (χ2v) is 5.33. The van der Waals surface area contributed by atoms with Gasteiger partial charge >= 0.3 is 23.8 Å². The number of carbonyl (C=O) groups is 2. The summed E-state index contributed by atoms with van der Waals surface area (Å²) in [5.41, 5.74) is -3.64. The van der Waals surface area contributed by atoms with E-state index in [4.69, 9.17) is 16.3 Å². The minimum atomic E-state index is -5.04. The standard InChI is InChI=1S/C13H8ClF6NO3/c1-5-9(24-11(23)21(5)10(14)22)6-2-7(12(15,16)17)4-8(3-6)13(18,19)20/h2-5,9H,1H3/t5-,9-/m0/s1. The molecule has 11 heteroatoms. The summed E-state index contributed by atoms with van der Waals surface area (Å²) in [7, 11) is 0. The molecule has 0 spiro atoms. The maximum atomic E-state index is 12.8. The quantitative estimate of drug-likeness (QED) is 0.396. The van der Waals surface area contributed by atoms with E-state index in [0.29, 0.717) is 17.0 Å². The van der Waals surface area contributed by atoms with Crippen LogP contribution in [-0.2, 0) is 17.1 Å². The third-order valence-electron chi connectivity index (χ3n) is 3.40. The summed E-state index contributed by atoms with van der Waals surface area (Å²) >= 11 is 5.16. The SMILES string of the molecule is C[C@H]1[C@@H](c2cc(C(F)(F)F)cc(C(F)(F)F)c2)OC(=O)N1C(=O)Cl. The Labute approximate surface area is 135 Å². The number of cyclic esters (lactones) is 1. The average molecular weight is 376 g/mol. The van der Waals surface area contributed by atoms with Crippen molar-refractivity contribution in [2.45, 2.75) is 31.4 Å². The number of carbonyl (C=O) groups excluding carboxylic acids is 2. The number of rotatable bonds is 1. The molecule has 1 aromatic rings. The van der Waals surface area contributed by atoms with Crippen LogP contribution in [0.5, 0.6) is 0 Å². The van der Waals surface area contributed by atoms with E-state index >= 15 is 0 Å². The summed E-state index contributed by atoms with van der Waals surface area (Å²) in [6.45, 7) is 1.21. The fourth-order valence-electron chi connectivity index (χ4n) is 2.29. The number of amides is 2. The van der Waals surface area contributed by atoms with Crippen molar-refractivity contribution in [1.29, 1.82) is 0 Å². The molecule has 2 rings (SSSR count). The first-order valence-electron chi connectivity index (χ1n) is 6.31. The molecule has 132 valence electrons. The summed E-state index contributed by atoms with van der Waals surface area (Å²) in [6.07, 6.45) is -12.8. The molecule has 0 unspecified atom stereocenters. The normalized spacial score (nSPS) is 21.8. The van der Waals surface area contributed by atoms with Gasteiger partial charge in [-0.1, -0.05) is 0 Å². The molecular formula is C13H8ClF6NO3. The van der Waals surface area contributed by atoms with Crippen molar-refractivity contribution in [3.8, 4) is 0 Å². The number of alkyl halides is 6. The van der Waals surface area contributed by atoms with Crippen LogP contribution in [-0.4, -0.2) is 22.4 Å². The highest BCUT2D eigenvalue weighted by Crippen LogP contribution is 2.40. The zero-order valence-electron chi connectivity index (χ0n) is 11.7. The van der Waals surface area contributed by atoms with Crippen LogP contribution >= 0.6 is 11.6 Å². The molecule has 0 saturated carbocycles. The van der Waals surface area contributed by atoms with Crippen LogP contribution in [0.25, 0.3) is 0 Å². The van der Waals surface area contributed by atoms with Gasteiger partial charge in [-0.3, -0.25) is 4.79 Å². The van der Waals surface area contributed by atoms with E-state index in [0.717, 1.165) is 0 Å². The lowest BCUT2D eigenvalue weighted by molar-refractivity contribution is -0.143. The summed E-state index contributed by atoms with van der Waals surface area (Å²) in [5.74, 6) is 0. The molecule has 0 bridgehead atoms. The van der Waals surface area contributed by atoms with Gasteiger partial charge in [-0.05, 0) is 42.3 Å². The summed E-state index contributed by atoms with van der Waals surface area (Å²) < 4.78 is 81.8. The number of imide groups is 1. The van der Waals surface area contributed by atoms with Crippen molar-refractivity contribution in [2.24, 2.45) is 0 Å². The molecule has 24 heavy (non-hydrogen) atoms. The molecular weight excluding hydrogens is 368 g/mol. The van der Waals surface area contributed by atoms with Crippen LogP contribution in [0.3, 0.4) is 0 Å². The molecule has 1 fully saturated rings. The van der Waals surface area contributed by atoms with Crippen molar-refractivity contribution in [2.75, 3.05) is 0 Å². The van der Waals surface area contributed by atoms with E-state index in [9.17, 15) is 35.9 Å². The van der Waals surface area contributed by atoms with Crippen LogP contribution < -0.4 is 0 Å². The van der Waals surface area contributed by atoms with Gasteiger partial charge in [0, 0.05) is 0 Å². The fourth-order valence-corrected chi connectivity index (χ4v) is 2.51. The monoisotopic (exact) mass is 375 g/mol. The Morgan fingerprint density at radius 3 is 1.88 bits per heavy atom. The molecule has 4 nitrogen and oxygen atoms in total. The third-order valence-corrected chi connectivity index (χ3v) is 3.58. The molecule has 2 amide bonds. The van der Waals surface area contributed by atoms with Crippen molar-refractivity contribution >= 4 is 23.1 Å². The van der Waals surface area contributed by atoms with Gasteiger partial charge in [0.1, 0.15) is 6.10 Å². The van der Waals surface area contributed by atoms with Crippen molar-refractivity contribution in [3.63, 3.8) is 0 Å². The third kappa shape index (κ3) is 3.42. The highest BCUT2D eigenvalue weighted by Gasteiger charge is 2.45.